The number of allylic oxidation sites excluding steroid dienone is 11. The Kier molecular flexibility index (Phi) is 57.0. The molecule has 0 aromatic carbocycles. The molecule has 77 heavy (non-hydrogen) atoms. The van der Waals surface area contributed by atoms with Crippen LogP contribution in [0.5, 0.6) is 0 Å². The van der Waals surface area contributed by atoms with Gasteiger partial charge in [-0.15, -0.1) is 0 Å². The minimum absolute atomic E-state index is 0.0565. The van der Waals surface area contributed by atoms with E-state index in [1.165, 1.54) is 218 Å². The zero-order valence-electron chi connectivity index (χ0n) is 51.4. The first-order valence-electron chi connectivity index (χ1n) is 32.8. The van der Waals surface area contributed by atoms with Gasteiger partial charge in [-0.1, -0.05) is 299 Å². The van der Waals surface area contributed by atoms with E-state index in [0.29, 0.717) is 17.4 Å². The Morgan fingerprint density at radius 1 is 0.455 bits per heavy atom. The number of phosphoric acid groups is 1. The molecule has 0 radical (unpaired) electrons. The quantitative estimate of drug-likeness (QED) is 0.0243. The Balaban J connectivity index is 3.94. The molecule has 3 N–H and O–H groups in total. The van der Waals surface area contributed by atoms with Crippen LogP contribution < -0.4 is 5.32 Å². The van der Waals surface area contributed by atoms with Crippen LogP contribution in [0, 0.1) is 0 Å². The molecule has 0 heterocycles. The minimum atomic E-state index is -4.36. The van der Waals surface area contributed by atoms with Gasteiger partial charge < -0.3 is 19.8 Å². The molecule has 0 aliphatic carbocycles. The van der Waals surface area contributed by atoms with Crippen LogP contribution in [0.1, 0.15) is 303 Å². The highest BCUT2D eigenvalue weighted by Gasteiger charge is 2.27. The van der Waals surface area contributed by atoms with E-state index in [1.54, 1.807) is 6.08 Å². The second kappa shape index (κ2) is 58.6. The maximum atomic E-state index is 13.0. The molecule has 0 bridgehead atoms. The number of quaternary nitrogens is 1. The number of hydrogen-bond acceptors (Lipinski definition) is 5. The summed E-state index contributed by atoms with van der Waals surface area (Å²) in [7, 11) is 1.56. The van der Waals surface area contributed by atoms with Crippen molar-refractivity contribution in [3.63, 3.8) is 0 Å². The fourth-order valence-corrected chi connectivity index (χ4v) is 10.3. The summed E-state index contributed by atoms with van der Waals surface area (Å²) in [5.41, 5.74) is 0. The van der Waals surface area contributed by atoms with Gasteiger partial charge in [-0.25, -0.2) is 4.57 Å². The van der Waals surface area contributed by atoms with Crippen molar-refractivity contribution < 1.29 is 32.9 Å². The van der Waals surface area contributed by atoms with E-state index in [0.717, 1.165) is 64.2 Å². The Morgan fingerprint density at radius 2 is 0.792 bits per heavy atom. The van der Waals surface area contributed by atoms with Crippen molar-refractivity contribution in [2.75, 3.05) is 40.9 Å². The molecule has 0 saturated carbocycles. The second-order valence-corrected chi connectivity index (χ2v) is 24.9. The predicted octanol–water partition coefficient (Wildman–Crippen LogP) is 20.6. The lowest BCUT2D eigenvalue weighted by Gasteiger charge is -2.25. The average Bonchev–Trinajstić information content (AvgIpc) is 3.39. The van der Waals surface area contributed by atoms with E-state index in [1.807, 2.05) is 27.2 Å². The summed E-state index contributed by atoms with van der Waals surface area (Å²) >= 11 is 0. The summed E-state index contributed by atoms with van der Waals surface area (Å²) in [4.78, 5) is 23.3. The first-order valence-corrected chi connectivity index (χ1v) is 34.3. The highest BCUT2D eigenvalue weighted by atomic mass is 31.2. The van der Waals surface area contributed by atoms with Crippen molar-refractivity contribution in [2.24, 2.45) is 0 Å². The fourth-order valence-electron chi connectivity index (χ4n) is 9.58. The van der Waals surface area contributed by atoms with E-state index in [9.17, 15) is 19.4 Å². The van der Waals surface area contributed by atoms with Crippen LogP contribution in [0.2, 0.25) is 0 Å². The number of nitrogens with one attached hydrogen (secondary N) is 1. The van der Waals surface area contributed by atoms with E-state index < -0.39 is 20.0 Å². The smallest absolute Gasteiger partial charge is 0.387 e. The number of aliphatic hydroxyl groups is 1. The van der Waals surface area contributed by atoms with Gasteiger partial charge in [0.1, 0.15) is 13.2 Å². The zero-order chi connectivity index (χ0) is 56.3. The molecule has 3 unspecified atom stereocenters. The number of rotatable bonds is 60. The summed E-state index contributed by atoms with van der Waals surface area (Å²) < 4.78 is 23.7. The van der Waals surface area contributed by atoms with E-state index >= 15 is 0 Å². The van der Waals surface area contributed by atoms with Gasteiger partial charge >= 0.3 is 7.82 Å². The summed E-state index contributed by atoms with van der Waals surface area (Å²) in [5.74, 6) is -0.183. The zero-order valence-corrected chi connectivity index (χ0v) is 52.3. The molecule has 450 valence electrons. The highest BCUT2D eigenvalue weighted by molar-refractivity contribution is 7.47. The highest BCUT2D eigenvalue weighted by Crippen LogP contribution is 2.43. The van der Waals surface area contributed by atoms with Crippen molar-refractivity contribution >= 4 is 13.7 Å². The maximum absolute atomic E-state index is 13.0. The van der Waals surface area contributed by atoms with E-state index in [4.69, 9.17) is 9.05 Å². The Bertz CT molecular complexity index is 1480. The molecule has 0 saturated heterocycles. The molecule has 0 fully saturated rings. The van der Waals surface area contributed by atoms with Crippen LogP contribution in [0.25, 0.3) is 0 Å². The molecule has 3 atom stereocenters. The molecule has 9 heteroatoms. The summed E-state index contributed by atoms with van der Waals surface area (Å²) in [6.45, 7) is 4.70. The summed E-state index contributed by atoms with van der Waals surface area (Å²) in [6, 6.07) is -0.863. The van der Waals surface area contributed by atoms with Crippen molar-refractivity contribution in [2.45, 2.75) is 315 Å². The number of carbonyl (C=O) groups is 1. The fraction of sp³-hybridized carbons (Fsp3) is 0.809. The molecule has 8 nitrogen and oxygen atoms in total. The number of likely N-dealkylation sites (N-methyl/N-ethyl adjacent to an activating group) is 1. The third kappa shape index (κ3) is 61.4. The Labute approximate surface area is 478 Å². The second-order valence-electron chi connectivity index (χ2n) is 23.5. The molecular weight excluding hydrogens is 972 g/mol. The Morgan fingerprint density at radius 3 is 1.19 bits per heavy atom. The van der Waals surface area contributed by atoms with Gasteiger partial charge in [-0.2, -0.15) is 0 Å². The summed E-state index contributed by atoms with van der Waals surface area (Å²) in [6.07, 6.45) is 82.0. The van der Waals surface area contributed by atoms with Gasteiger partial charge in [0.25, 0.3) is 0 Å². The van der Waals surface area contributed by atoms with Crippen LogP contribution in [0.3, 0.4) is 0 Å². The van der Waals surface area contributed by atoms with Gasteiger partial charge in [0.05, 0.1) is 39.9 Å². The SMILES string of the molecule is CC/C=C\C/C=C\C/C=C\C/C=C\CCCCCCCCCCCCCCCCCCCCCCCCCCCCC(=O)NC(COP(=O)(O)OCC[N+](C)(C)C)C(O)/C=C/CC/C=C/CCCCCCCCCCCC. The van der Waals surface area contributed by atoms with Crippen LogP contribution in [-0.2, 0) is 18.4 Å². The molecule has 0 aliphatic rings. The topological polar surface area (TPSA) is 105 Å². The molecule has 0 aromatic heterocycles. The number of unbranched alkanes of at least 4 members (excludes halogenated alkanes) is 37. The molecule has 0 aliphatic heterocycles. The first kappa shape index (κ1) is 74.9. The standard InChI is InChI=1S/C68H127N2O6P/c1-6-8-10-12-14-16-18-20-22-24-25-26-27-28-29-30-31-32-33-34-35-36-37-38-39-40-41-42-43-44-45-46-48-50-52-54-56-58-60-62-68(72)69-66(65-76-77(73,74)75-64-63-70(3,4)5)67(71)61-59-57-55-53-51-49-47-23-21-19-17-15-13-11-9-7-2/h8,10,14,16,20,22,25-26,51,53,59,61,66-67,71H,6-7,9,11-13,15,17-19,21,23-24,27-50,52,54-58,60,62-65H2,1-5H3,(H-,69,72,73,74)/p+1/b10-8-,16-14-,22-20-,26-25-,53-51+,61-59+. The van der Waals surface area contributed by atoms with Crippen molar-refractivity contribution in [1.29, 1.82) is 0 Å². The molecule has 1 amide bonds. The molecular formula is C68H128N2O6P+. The lowest BCUT2D eigenvalue weighted by molar-refractivity contribution is -0.870. The van der Waals surface area contributed by atoms with Gasteiger partial charge in [0.2, 0.25) is 5.91 Å². The lowest BCUT2D eigenvalue weighted by atomic mass is 10.0. The Hall–Kier alpha value is -2.06. The van der Waals surface area contributed by atoms with Crippen molar-refractivity contribution in [3.05, 3.63) is 72.9 Å². The van der Waals surface area contributed by atoms with Crippen LogP contribution in [0.15, 0.2) is 72.9 Å². The number of hydrogen-bond donors (Lipinski definition) is 3. The third-order valence-electron chi connectivity index (χ3n) is 14.7. The van der Waals surface area contributed by atoms with Crippen molar-refractivity contribution in [3.8, 4) is 0 Å². The normalized spacial score (nSPS) is 14.2. The average molecular weight is 1100 g/mol. The lowest BCUT2D eigenvalue weighted by Crippen LogP contribution is -2.45. The van der Waals surface area contributed by atoms with Crippen molar-refractivity contribution in [1.82, 2.24) is 5.32 Å². The maximum Gasteiger partial charge on any atom is 0.472 e. The predicted molar refractivity (Wildman–Crippen MR) is 337 cm³/mol. The van der Waals surface area contributed by atoms with Crippen LogP contribution in [0.4, 0.5) is 0 Å². The van der Waals surface area contributed by atoms with Gasteiger partial charge in [-0.3, -0.25) is 13.8 Å². The summed E-state index contributed by atoms with van der Waals surface area (Å²) in [5, 5.41) is 13.9. The number of nitrogens with zero attached hydrogens (tertiary/aromatic N) is 1. The largest absolute Gasteiger partial charge is 0.472 e. The molecule has 0 aromatic rings. The van der Waals surface area contributed by atoms with E-state index in [-0.39, 0.29) is 19.1 Å². The van der Waals surface area contributed by atoms with Crippen LogP contribution >= 0.6 is 7.82 Å². The van der Waals surface area contributed by atoms with Gasteiger partial charge in [0, 0.05) is 6.42 Å². The number of phosphoric ester groups is 1. The van der Waals surface area contributed by atoms with Gasteiger partial charge in [0.15, 0.2) is 0 Å². The van der Waals surface area contributed by atoms with Gasteiger partial charge in [-0.05, 0) is 70.6 Å². The number of amides is 1. The van der Waals surface area contributed by atoms with Crippen LogP contribution in [-0.4, -0.2) is 73.4 Å². The first-order chi connectivity index (χ1) is 37.5. The third-order valence-corrected chi connectivity index (χ3v) is 15.6. The number of aliphatic hydroxyl groups excluding tert-OH is 1. The monoisotopic (exact) mass is 1100 g/mol. The minimum Gasteiger partial charge on any atom is -0.387 e. The molecule has 0 rings (SSSR count). The van der Waals surface area contributed by atoms with E-state index in [2.05, 4.69) is 79.9 Å². The number of carbonyl (C=O) groups excluding carboxylic acids is 1. The molecule has 0 spiro atoms.